The summed E-state index contributed by atoms with van der Waals surface area (Å²) in [4.78, 5) is 29.0. The molecule has 0 unspecified atom stereocenters. The first-order valence-electron chi connectivity index (χ1n) is 9.43. The van der Waals surface area contributed by atoms with E-state index in [-0.39, 0.29) is 11.6 Å². The quantitative estimate of drug-likeness (QED) is 0.480. The number of likely N-dealkylation sites (N-methyl/N-ethyl adjacent to an activating group) is 2. The maximum absolute atomic E-state index is 12.7. The largest absolute Gasteiger partial charge is 0.302 e. The van der Waals surface area contributed by atoms with Gasteiger partial charge in [-0.15, -0.1) is 0 Å². The van der Waals surface area contributed by atoms with Crippen molar-refractivity contribution in [1.29, 1.82) is 0 Å². The van der Waals surface area contributed by atoms with Gasteiger partial charge in [-0.3, -0.25) is 9.59 Å². The first-order valence-corrected chi connectivity index (χ1v) is 9.43. The third-order valence-electron chi connectivity index (χ3n) is 5.18. The van der Waals surface area contributed by atoms with Gasteiger partial charge in [0.2, 0.25) is 0 Å². The Morgan fingerprint density at radius 2 is 1.36 bits per heavy atom. The van der Waals surface area contributed by atoms with Crippen LogP contribution in [0.25, 0.3) is 33.0 Å². The lowest BCUT2D eigenvalue weighted by molar-refractivity contribution is 0.0950. The minimum Gasteiger partial charge on any atom is -0.302 e. The number of rotatable bonds is 6. The zero-order valence-corrected chi connectivity index (χ0v) is 16.7. The van der Waals surface area contributed by atoms with Crippen LogP contribution in [0.3, 0.4) is 0 Å². The molecule has 4 rings (SSSR count). The minimum atomic E-state index is 0.109. The SMILES string of the molecule is CN(C)CC(=O)c1ccc2c(c1)-c1ccc(C(=O)CN(C)C)c3cccc-2c13. The van der Waals surface area contributed by atoms with E-state index in [0.29, 0.717) is 13.1 Å². The van der Waals surface area contributed by atoms with Crippen LogP contribution in [0.15, 0.2) is 48.5 Å². The maximum Gasteiger partial charge on any atom is 0.177 e. The predicted octanol–water partition coefficient (Wildman–Crippen LogP) is 3.98. The van der Waals surface area contributed by atoms with Crippen molar-refractivity contribution < 1.29 is 9.59 Å². The first-order chi connectivity index (χ1) is 13.4. The van der Waals surface area contributed by atoms with Crippen molar-refractivity contribution in [1.82, 2.24) is 9.80 Å². The lowest BCUT2D eigenvalue weighted by atomic mass is 9.96. The van der Waals surface area contributed by atoms with E-state index in [1.807, 2.05) is 80.5 Å². The van der Waals surface area contributed by atoms with Crippen LogP contribution < -0.4 is 0 Å². The molecule has 0 saturated carbocycles. The van der Waals surface area contributed by atoms with Gasteiger partial charge in [-0.05, 0) is 67.3 Å². The van der Waals surface area contributed by atoms with Crippen molar-refractivity contribution in [2.45, 2.75) is 0 Å². The number of Topliss-reactive ketones (excluding diaryl/α,β-unsaturated/α-hetero) is 2. The van der Waals surface area contributed by atoms with Crippen molar-refractivity contribution in [3.05, 3.63) is 59.7 Å². The van der Waals surface area contributed by atoms with Gasteiger partial charge >= 0.3 is 0 Å². The second kappa shape index (κ2) is 6.97. The molecule has 0 aliphatic heterocycles. The summed E-state index contributed by atoms with van der Waals surface area (Å²) in [5, 5.41) is 2.10. The fourth-order valence-corrected chi connectivity index (χ4v) is 4.03. The Morgan fingerprint density at radius 3 is 2.07 bits per heavy atom. The zero-order chi connectivity index (χ0) is 20.0. The number of carbonyl (C=O) groups is 2. The van der Waals surface area contributed by atoms with Crippen LogP contribution in [-0.2, 0) is 0 Å². The Morgan fingerprint density at radius 1 is 0.714 bits per heavy atom. The summed E-state index contributed by atoms with van der Waals surface area (Å²) in [6.07, 6.45) is 0. The van der Waals surface area contributed by atoms with Crippen LogP contribution in [0.1, 0.15) is 20.7 Å². The molecule has 1 aliphatic rings. The molecule has 0 aromatic heterocycles. The van der Waals surface area contributed by atoms with E-state index in [2.05, 4.69) is 6.07 Å². The van der Waals surface area contributed by atoms with Gasteiger partial charge in [-0.2, -0.15) is 0 Å². The summed E-state index contributed by atoms with van der Waals surface area (Å²) in [6.45, 7) is 0.772. The Labute approximate surface area is 165 Å². The highest BCUT2D eigenvalue weighted by Crippen LogP contribution is 2.48. The van der Waals surface area contributed by atoms with E-state index in [1.54, 1.807) is 0 Å². The Balaban J connectivity index is 1.86. The van der Waals surface area contributed by atoms with E-state index in [4.69, 9.17) is 0 Å². The molecular formula is C24H24N2O2. The molecule has 1 aliphatic carbocycles. The molecule has 0 atom stereocenters. The van der Waals surface area contributed by atoms with E-state index < -0.39 is 0 Å². The van der Waals surface area contributed by atoms with E-state index in [1.165, 1.54) is 0 Å². The van der Waals surface area contributed by atoms with Crippen LogP contribution >= 0.6 is 0 Å². The number of nitrogens with zero attached hydrogens (tertiary/aromatic N) is 2. The van der Waals surface area contributed by atoms with Crippen molar-refractivity contribution >= 4 is 22.3 Å². The van der Waals surface area contributed by atoms with Gasteiger partial charge in [0, 0.05) is 11.1 Å². The molecule has 142 valence electrons. The lowest BCUT2D eigenvalue weighted by Crippen LogP contribution is -2.21. The molecule has 3 aromatic carbocycles. The van der Waals surface area contributed by atoms with E-state index >= 15 is 0 Å². The van der Waals surface area contributed by atoms with Gasteiger partial charge in [0.1, 0.15) is 0 Å². The molecule has 0 saturated heterocycles. The zero-order valence-electron chi connectivity index (χ0n) is 16.7. The number of hydrogen-bond donors (Lipinski definition) is 0. The topological polar surface area (TPSA) is 40.6 Å². The Hall–Kier alpha value is -2.82. The smallest absolute Gasteiger partial charge is 0.177 e. The molecule has 4 heteroatoms. The monoisotopic (exact) mass is 372 g/mol. The molecule has 0 fully saturated rings. The van der Waals surface area contributed by atoms with Crippen LogP contribution in [0, 0.1) is 0 Å². The van der Waals surface area contributed by atoms with Gasteiger partial charge in [0.25, 0.3) is 0 Å². The molecule has 0 heterocycles. The summed E-state index contributed by atoms with van der Waals surface area (Å²) >= 11 is 0. The summed E-state index contributed by atoms with van der Waals surface area (Å²) in [6, 6.07) is 16.0. The maximum atomic E-state index is 12.7. The molecule has 0 N–H and O–H groups in total. The molecule has 0 amide bonds. The highest BCUT2D eigenvalue weighted by Gasteiger charge is 2.25. The van der Waals surface area contributed by atoms with Gasteiger partial charge in [-0.1, -0.05) is 42.5 Å². The average molecular weight is 372 g/mol. The number of carbonyl (C=O) groups excluding carboxylic acids is 2. The van der Waals surface area contributed by atoms with Gasteiger partial charge in [0.15, 0.2) is 11.6 Å². The number of ketones is 2. The van der Waals surface area contributed by atoms with Crippen molar-refractivity contribution in [2.24, 2.45) is 0 Å². The minimum absolute atomic E-state index is 0.109. The van der Waals surface area contributed by atoms with Gasteiger partial charge < -0.3 is 9.80 Å². The van der Waals surface area contributed by atoms with Gasteiger partial charge in [-0.25, -0.2) is 0 Å². The van der Waals surface area contributed by atoms with Crippen LogP contribution in [0.4, 0.5) is 0 Å². The highest BCUT2D eigenvalue weighted by atomic mass is 16.1. The Bertz CT molecular complexity index is 1110. The van der Waals surface area contributed by atoms with Crippen LogP contribution in [0.2, 0.25) is 0 Å². The molecule has 3 aromatic rings. The van der Waals surface area contributed by atoms with Crippen LogP contribution in [0.5, 0.6) is 0 Å². The number of fused-ring (bicyclic) bond motifs is 3. The van der Waals surface area contributed by atoms with E-state index in [9.17, 15) is 9.59 Å². The normalized spacial score (nSPS) is 12.1. The first kappa shape index (κ1) is 18.5. The number of hydrogen-bond acceptors (Lipinski definition) is 4. The third-order valence-corrected chi connectivity index (χ3v) is 5.18. The summed E-state index contributed by atoms with van der Waals surface area (Å²) in [7, 11) is 7.60. The molecule has 0 spiro atoms. The van der Waals surface area contributed by atoms with Crippen molar-refractivity contribution in [3.8, 4) is 22.3 Å². The summed E-state index contributed by atoms with van der Waals surface area (Å²) in [5.41, 5.74) is 5.91. The molecule has 0 radical (unpaired) electrons. The molecule has 0 bridgehead atoms. The van der Waals surface area contributed by atoms with Crippen molar-refractivity contribution in [3.63, 3.8) is 0 Å². The fraction of sp³-hybridized carbons (Fsp3) is 0.250. The molecule has 28 heavy (non-hydrogen) atoms. The van der Waals surface area contributed by atoms with Crippen molar-refractivity contribution in [2.75, 3.05) is 41.3 Å². The third kappa shape index (κ3) is 3.05. The Kier molecular flexibility index (Phi) is 4.61. The summed E-state index contributed by atoms with van der Waals surface area (Å²) in [5.74, 6) is 0.226. The van der Waals surface area contributed by atoms with Crippen LogP contribution in [-0.4, -0.2) is 62.6 Å². The summed E-state index contributed by atoms with van der Waals surface area (Å²) < 4.78 is 0. The molecule has 4 nitrogen and oxygen atoms in total. The van der Waals surface area contributed by atoms with E-state index in [0.717, 1.165) is 44.2 Å². The highest BCUT2D eigenvalue weighted by molar-refractivity contribution is 6.21. The standard InChI is InChI=1S/C24H24N2O2/c1-25(2)13-22(27)15-8-9-16-18-6-5-7-19-17(23(28)14-26(3)4)10-11-20(24(18)19)21(16)12-15/h5-12H,13-14H2,1-4H3. The average Bonchev–Trinajstić information content (AvgIpc) is 2.96. The second-order valence-electron chi connectivity index (χ2n) is 7.97. The molecular weight excluding hydrogens is 348 g/mol. The fourth-order valence-electron chi connectivity index (χ4n) is 4.03. The number of benzene rings is 3. The van der Waals surface area contributed by atoms with Gasteiger partial charge in [0.05, 0.1) is 13.1 Å². The second-order valence-corrected chi connectivity index (χ2v) is 7.97. The lowest BCUT2D eigenvalue weighted by Gasteiger charge is -2.12. The predicted molar refractivity (Wildman–Crippen MR) is 114 cm³/mol.